The van der Waals surface area contributed by atoms with E-state index in [1.165, 1.54) is 16.4 Å². The Morgan fingerprint density at radius 3 is 1.65 bits per heavy atom. The number of anilines is 6. The molecule has 57 heavy (non-hydrogen) atoms. The van der Waals surface area contributed by atoms with Gasteiger partial charge in [-0.2, -0.15) is 0 Å². The molecule has 0 saturated carbocycles. The van der Waals surface area contributed by atoms with Crippen LogP contribution in [0, 0.1) is 6.92 Å². The summed E-state index contributed by atoms with van der Waals surface area (Å²) in [5.74, 6) is 1.77. The molecule has 8 aromatic carbocycles. The fourth-order valence-corrected chi connectivity index (χ4v) is 9.29. The van der Waals surface area contributed by atoms with Crippen molar-refractivity contribution in [2.75, 3.05) is 9.80 Å². The Labute approximate surface area is 330 Å². The van der Waals surface area contributed by atoms with Crippen LogP contribution in [0.1, 0.15) is 5.56 Å². The summed E-state index contributed by atoms with van der Waals surface area (Å²) in [4.78, 5) is 4.57. The first-order valence-electron chi connectivity index (χ1n) is 19.5. The lowest BCUT2D eigenvalue weighted by Gasteiger charge is -2.34. The number of furan rings is 1. The van der Waals surface area contributed by atoms with Crippen LogP contribution in [0.3, 0.4) is 0 Å². The summed E-state index contributed by atoms with van der Waals surface area (Å²) in [6.45, 7) is 2.15. The molecular formula is C51H34BN3O2. The smallest absolute Gasteiger partial charge is 0.256 e. The number of rotatable bonds is 6. The SMILES string of the molecule is Cc1cc2c3c(c1)-n1c4c(cccc4c4oc5cc(N(c6ccccc6)c6ccccc6)ccc5c41)B3c1ccc(N(c3ccccc3)c3ccccc3)cc1O2. The molecule has 4 heterocycles. The van der Waals surface area contributed by atoms with Crippen LogP contribution in [-0.2, 0) is 0 Å². The maximum atomic E-state index is 6.99. The quantitative estimate of drug-likeness (QED) is 0.160. The summed E-state index contributed by atoms with van der Waals surface area (Å²) in [5, 5.41) is 2.19. The number of ether oxygens (including phenoxy) is 1. The van der Waals surface area contributed by atoms with Crippen molar-refractivity contribution in [2.24, 2.45) is 0 Å². The Kier molecular flexibility index (Phi) is 6.87. The molecule has 0 unspecified atom stereocenters. The van der Waals surface area contributed by atoms with Crippen molar-refractivity contribution < 1.29 is 9.15 Å². The molecule has 5 nitrogen and oxygen atoms in total. The number of para-hydroxylation sites is 5. The summed E-state index contributed by atoms with van der Waals surface area (Å²) in [6.07, 6.45) is 0. The number of hydrogen-bond acceptors (Lipinski definition) is 4. The highest BCUT2D eigenvalue weighted by atomic mass is 16.5. The molecule has 0 bridgehead atoms. The zero-order valence-electron chi connectivity index (χ0n) is 31.1. The molecular weight excluding hydrogens is 697 g/mol. The normalized spacial score (nSPS) is 12.4. The van der Waals surface area contributed by atoms with Crippen LogP contribution in [-0.4, -0.2) is 11.3 Å². The maximum Gasteiger partial charge on any atom is 0.256 e. The van der Waals surface area contributed by atoms with Crippen LogP contribution in [0.4, 0.5) is 34.1 Å². The summed E-state index contributed by atoms with van der Waals surface area (Å²) in [6, 6.07) is 66.6. The van der Waals surface area contributed by atoms with Crippen molar-refractivity contribution >= 4 is 90.2 Å². The molecule has 0 saturated heterocycles. The van der Waals surface area contributed by atoms with E-state index in [0.717, 1.165) is 89.8 Å². The second-order valence-corrected chi connectivity index (χ2v) is 15.0. The summed E-state index contributed by atoms with van der Waals surface area (Å²) in [5.41, 5.74) is 16.3. The van der Waals surface area contributed by atoms with E-state index in [2.05, 4.69) is 209 Å². The second-order valence-electron chi connectivity index (χ2n) is 15.0. The molecule has 12 rings (SSSR count). The fraction of sp³-hybridized carbons (Fsp3) is 0.0196. The Morgan fingerprint density at radius 2 is 1.04 bits per heavy atom. The Bertz CT molecular complexity index is 3100. The average Bonchev–Trinajstić information content (AvgIpc) is 3.79. The minimum absolute atomic E-state index is 0.00586. The molecule has 0 spiro atoms. The topological polar surface area (TPSA) is 33.8 Å². The molecule has 0 atom stereocenters. The van der Waals surface area contributed by atoms with Gasteiger partial charge in [-0.3, -0.25) is 0 Å². The van der Waals surface area contributed by atoms with Gasteiger partial charge < -0.3 is 23.5 Å². The van der Waals surface area contributed by atoms with Crippen LogP contribution in [0.5, 0.6) is 11.5 Å². The van der Waals surface area contributed by atoms with Crippen LogP contribution in [0.15, 0.2) is 192 Å². The van der Waals surface area contributed by atoms with Crippen LogP contribution in [0.2, 0.25) is 0 Å². The van der Waals surface area contributed by atoms with Gasteiger partial charge >= 0.3 is 0 Å². The van der Waals surface area contributed by atoms with Crippen LogP contribution in [0.25, 0.3) is 38.7 Å². The van der Waals surface area contributed by atoms with Crippen molar-refractivity contribution in [3.05, 3.63) is 194 Å². The third-order valence-corrected chi connectivity index (χ3v) is 11.6. The van der Waals surface area contributed by atoms with E-state index in [0.29, 0.717) is 0 Å². The van der Waals surface area contributed by atoms with Gasteiger partial charge in [0, 0.05) is 62.7 Å². The summed E-state index contributed by atoms with van der Waals surface area (Å²) in [7, 11) is 0. The molecule has 0 fully saturated rings. The molecule has 0 N–H and O–H groups in total. The first kappa shape index (κ1) is 31.9. The summed E-state index contributed by atoms with van der Waals surface area (Å²) >= 11 is 0. The fourth-order valence-electron chi connectivity index (χ4n) is 9.29. The van der Waals surface area contributed by atoms with E-state index in [4.69, 9.17) is 9.15 Å². The van der Waals surface area contributed by atoms with Gasteiger partial charge in [0.2, 0.25) is 0 Å². The van der Waals surface area contributed by atoms with Crippen molar-refractivity contribution in [3.8, 4) is 17.2 Å². The van der Waals surface area contributed by atoms with Gasteiger partial charge in [-0.25, -0.2) is 0 Å². The Hall–Kier alpha value is -7.44. The predicted molar refractivity (Wildman–Crippen MR) is 236 cm³/mol. The van der Waals surface area contributed by atoms with Gasteiger partial charge in [0.1, 0.15) is 22.6 Å². The van der Waals surface area contributed by atoms with Gasteiger partial charge in [-0.15, -0.1) is 0 Å². The van der Waals surface area contributed by atoms with E-state index < -0.39 is 0 Å². The molecule has 2 aliphatic heterocycles. The lowest BCUT2D eigenvalue weighted by atomic mass is 9.34. The number of aryl methyl sites for hydroxylation is 1. The zero-order chi connectivity index (χ0) is 37.6. The number of nitrogens with zero attached hydrogens (tertiary/aromatic N) is 3. The highest BCUT2D eigenvalue weighted by molar-refractivity contribution is 6.99. The molecule has 0 amide bonds. The number of hydrogen-bond donors (Lipinski definition) is 0. The maximum absolute atomic E-state index is 6.99. The van der Waals surface area contributed by atoms with E-state index in [1.54, 1.807) is 0 Å². The average molecular weight is 732 g/mol. The minimum Gasteiger partial charge on any atom is -0.458 e. The Balaban J connectivity index is 1.05. The Morgan fingerprint density at radius 1 is 0.456 bits per heavy atom. The van der Waals surface area contributed by atoms with Gasteiger partial charge in [-0.05, 0) is 114 Å². The minimum atomic E-state index is -0.00586. The third-order valence-electron chi connectivity index (χ3n) is 11.6. The van der Waals surface area contributed by atoms with Crippen molar-refractivity contribution in [3.63, 3.8) is 0 Å². The van der Waals surface area contributed by atoms with E-state index >= 15 is 0 Å². The number of aromatic nitrogens is 1. The van der Waals surface area contributed by atoms with Crippen molar-refractivity contribution in [2.45, 2.75) is 6.92 Å². The van der Waals surface area contributed by atoms with E-state index in [9.17, 15) is 0 Å². The van der Waals surface area contributed by atoms with Gasteiger partial charge in [0.15, 0.2) is 5.58 Å². The van der Waals surface area contributed by atoms with Crippen molar-refractivity contribution in [1.29, 1.82) is 0 Å². The molecule has 6 heteroatoms. The second kappa shape index (κ2) is 12.3. The van der Waals surface area contributed by atoms with Crippen LogP contribution >= 0.6 is 0 Å². The lowest BCUT2D eigenvalue weighted by Crippen LogP contribution is -2.58. The van der Waals surface area contributed by atoms with E-state index in [-0.39, 0.29) is 6.71 Å². The molecule has 268 valence electrons. The van der Waals surface area contributed by atoms with E-state index in [1.807, 2.05) is 0 Å². The highest BCUT2D eigenvalue weighted by Crippen LogP contribution is 2.45. The lowest BCUT2D eigenvalue weighted by molar-refractivity contribution is 0.487. The molecule has 10 aromatic rings. The third kappa shape index (κ3) is 4.77. The molecule has 2 aromatic heterocycles. The molecule has 0 aliphatic carbocycles. The van der Waals surface area contributed by atoms with Crippen molar-refractivity contribution in [1.82, 2.24) is 4.57 Å². The monoisotopic (exact) mass is 731 g/mol. The highest BCUT2D eigenvalue weighted by Gasteiger charge is 2.41. The van der Waals surface area contributed by atoms with Gasteiger partial charge in [0.25, 0.3) is 6.71 Å². The molecule has 0 radical (unpaired) electrons. The first-order chi connectivity index (χ1) is 28.2. The summed E-state index contributed by atoms with van der Waals surface area (Å²) < 4.78 is 16.4. The largest absolute Gasteiger partial charge is 0.458 e. The number of benzene rings is 8. The first-order valence-corrected chi connectivity index (χ1v) is 19.5. The predicted octanol–water partition coefficient (Wildman–Crippen LogP) is 11.7. The standard InChI is InChI=1S/C51H34BN3O2/c1-33-29-44-48-47(30-33)56-46-32-39(54(36-19-10-4-11-20-36)37-21-12-5-13-22-37)26-28-42(46)52(48)43-24-14-23-41-49(43)55(44)50-40-27-25-38(31-45(40)57-51(41)50)53(34-15-6-2-7-16-34)35-17-8-3-9-18-35/h2-32H,1H3. The zero-order valence-corrected chi connectivity index (χ0v) is 31.1. The van der Waals surface area contributed by atoms with Gasteiger partial charge in [0.05, 0.1) is 5.52 Å². The number of fused-ring (bicyclic) bond motifs is 9. The molecule has 2 aliphatic rings. The van der Waals surface area contributed by atoms with Gasteiger partial charge in [-0.1, -0.05) is 91.0 Å². The van der Waals surface area contributed by atoms with Crippen LogP contribution < -0.4 is 30.9 Å².